The predicted molar refractivity (Wildman–Crippen MR) is 81.9 cm³/mol. The molecule has 0 radical (unpaired) electrons. The van der Waals surface area contributed by atoms with Crippen molar-refractivity contribution in [3.05, 3.63) is 48.0 Å². The Morgan fingerprint density at radius 3 is 2.27 bits per heavy atom. The number of carbonyl (C=O) groups excluding carboxylic acids is 2. The van der Waals surface area contributed by atoms with E-state index in [0.29, 0.717) is 25.1 Å². The van der Waals surface area contributed by atoms with E-state index in [4.69, 9.17) is 9.47 Å². The quantitative estimate of drug-likeness (QED) is 0.482. The van der Waals surface area contributed by atoms with Crippen LogP contribution in [0, 0.1) is 5.41 Å². The first-order chi connectivity index (χ1) is 10.5. The molecule has 0 saturated carbocycles. The molecule has 1 saturated heterocycles. The molecular weight excluding hydrogens is 282 g/mol. The Kier molecular flexibility index (Phi) is 4.98. The van der Waals surface area contributed by atoms with Crippen molar-refractivity contribution in [2.75, 3.05) is 27.3 Å². The third-order valence-electron chi connectivity index (χ3n) is 4.14. The molecule has 0 bridgehead atoms. The Bertz CT molecular complexity index is 551. The zero-order valence-electron chi connectivity index (χ0n) is 13.0. The van der Waals surface area contributed by atoms with Gasteiger partial charge in [0.05, 0.1) is 14.2 Å². The minimum atomic E-state index is -1.38. The molecule has 0 aromatic heterocycles. The number of carbonyl (C=O) groups is 2. The Balaban J connectivity index is 2.15. The van der Waals surface area contributed by atoms with E-state index in [2.05, 4.69) is 11.5 Å². The van der Waals surface area contributed by atoms with Crippen molar-refractivity contribution in [2.24, 2.45) is 5.41 Å². The first kappa shape index (κ1) is 16.2. The molecule has 0 spiro atoms. The summed E-state index contributed by atoms with van der Waals surface area (Å²) in [5.41, 5.74) is 0.323. The van der Waals surface area contributed by atoms with Crippen LogP contribution < -0.4 is 0 Å². The lowest BCUT2D eigenvalue weighted by atomic mass is 9.74. The van der Waals surface area contributed by atoms with E-state index in [0.717, 1.165) is 6.54 Å². The zero-order chi connectivity index (χ0) is 16.2. The summed E-state index contributed by atoms with van der Waals surface area (Å²) in [7, 11) is 2.55. The number of rotatable bonds is 4. The molecular formula is C17H21NO4. The summed E-state index contributed by atoms with van der Waals surface area (Å²) in [6.07, 6.45) is 0.317. The van der Waals surface area contributed by atoms with Gasteiger partial charge in [-0.1, -0.05) is 36.9 Å². The van der Waals surface area contributed by atoms with Crippen molar-refractivity contribution in [3.8, 4) is 0 Å². The van der Waals surface area contributed by atoms with Crippen LogP contribution in [0.4, 0.5) is 0 Å². The maximum absolute atomic E-state index is 12.2. The standard InChI is InChI=1S/C17H21NO4/c1-13-11-18(12-14-7-5-4-6-8-14)10-9-17(13,15(19)21-2)16(20)22-3/h4-8H,1,9-12H2,2-3H3. The van der Waals surface area contributed by atoms with Gasteiger partial charge in [-0.05, 0) is 17.6 Å². The normalized spacial score (nSPS) is 17.8. The molecule has 1 aliphatic heterocycles. The maximum atomic E-state index is 12.2. The predicted octanol–water partition coefficient (Wildman–Crippen LogP) is 1.78. The minimum Gasteiger partial charge on any atom is -0.468 e. The zero-order valence-corrected chi connectivity index (χ0v) is 13.0. The average Bonchev–Trinajstić information content (AvgIpc) is 2.55. The van der Waals surface area contributed by atoms with Crippen LogP contribution >= 0.6 is 0 Å². The van der Waals surface area contributed by atoms with Gasteiger partial charge in [-0.25, -0.2) is 0 Å². The van der Waals surface area contributed by atoms with E-state index in [1.807, 2.05) is 30.3 Å². The number of esters is 2. The summed E-state index contributed by atoms with van der Waals surface area (Å²) in [6.45, 7) is 5.76. The van der Waals surface area contributed by atoms with Crippen molar-refractivity contribution in [3.63, 3.8) is 0 Å². The SMILES string of the molecule is C=C1CN(Cc2ccccc2)CCC1(C(=O)OC)C(=O)OC. The molecule has 5 heteroatoms. The second-order valence-corrected chi connectivity index (χ2v) is 5.44. The van der Waals surface area contributed by atoms with Gasteiger partial charge < -0.3 is 9.47 Å². The van der Waals surface area contributed by atoms with E-state index < -0.39 is 17.4 Å². The third-order valence-corrected chi connectivity index (χ3v) is 4.14. The number of hydrogen-bond acceptors (Lipinski definition) is 5. The molecule has 1 aromatic carbocycles. The molecule has 1 aliphatic rings. The van der Waals surface area contributed by atoms with Gasteiger partial charge in [0.15, 0.2) is 5.41 Å². The van der Waals surface area contributed by atoms with Crippen LogP contribution in [0.25, 0.3) is 0 Å². The van der Waals surface area contributed by atoms with Gasteiger partial charge in [-0.3, -0.25) is 14.5 Å². The molecule has 22 heavy (non-hydrogen) atoms. The molecule has 118 valence electrons. The van der Waals surface area contributed by atoms with Crippen molar-refractivity contribution in [1.82, 2.24) is 4.90 Å². The van der Waals surface area contributed by atoms with Crippen LogP contribution in [0.5, 0.6) is 0 Å². The molecule has 1 aromatic rings. The number of piperidine rings is 1. The lowest BCUT2D eigenvalue weighted by Gasteiger charge is -2.39. The van der Waals surface area contributed by atoms with E-state index in [1.165, 1.54) is 19.8 Å². The number of nitrogens with zero attached hydrogens (tertiary/aromatic N) is 1. The fraction of sp³-hybridized carbons (Fsp3) is 0.412. The second kappa shape index (κ2) is 6.75. The van der Waals surface area contributed by atoms with E-state index in [9.17, 15) is 9.59 Å². The van der Waals surface area contributed by atoms with Crippen molar-refractivity contribution in [2.45, 2.75) is 13.0 Å². The van der Waals surface area contributed by atoms with Crippen LogP contribution in [0.1, 0.15) is 12.0 Å². The summed E-state index contributed by atoms with van der Waals surface area (Å²) in [5.74, 6) is -1.19. The van der Waals surface area contributed by atoms with Crippen LogP contribution in [-0.2, 0) is 25.6 Å². The highest BCUT2D eigenvalue weighted by Gasteiger charge is 2.52. The lowest BCUT2D eigenvalue weighted by Crippen LogP contribution is -2.51. The lowest BCUT2D eigenvalue weighted by molar-refractivity contribution is -0.168. The summed E-state index contributed by atoms with van der Waals surface area (Å²) >= 11 is 0. The summed E-state index contributed by atoms with van der Waals surface area (Å²) < 4.78 is 9.64. The molecule has 0 N–H and O–H groups in total. The van der Waals surface area contributed by atoms with Crippen molar-refractivity contribution >= 4 is 11.9 Å². The Morgan fingerprint density at radius 1 is 1.18 bits per heavy atom. The molecule has 0 aliphatic carbocycles. The largest absolute Gasteiger partial charge is 0.468 e. The fourth-order valence-corrected chi connectivity index (χ4v) is 2.89. The molecule has 0 amide bonds. The molecule has 1 fully saturated rings. The molecule has 5 nitrogen and oxygen atoms in total. The summed E-state index contributed by atoms with van der Waals surface area (Å²) in [6, 6.07) is 10.0. The Labute approximate surface area is 130 Å². The Hall–Kier alpha value is -2.14. The first-order valence-corrected chi connectivity index (χ1v) is 7.16. The van der Waals surface area contributed by atoms with Gasteiger partial charge in [-0.15, -0.1) is 0 Å². The maximum Gasteiger partial charge on any atom is 0.327 e. The second-order valence-electron chi connectivity index (χ2n) is 5.44. The topological polar surface area (TPSA) is 55.8 Å². The number of likely N-dealkylation sites (tertiary alicyclic amines) is 1. The average molecular weight is 303 g/mol. The number of methoxy groups -OCH3 is 2. The highest BCUT2D eigenvalue weighted by molar-refractivity contribution is 6.03. The molecule has 0 unspecified atom stereocenters. The summed E-state index contributed by atoms with van der Waals surface area (Å²) in [5, 5.41) is 0. The number of hydrogen-bond donors (Lipinski definition) is 0. The highest BCUT2D eigenvalue weighted by atomic mass is 16.5. The Morgan fingerprint density at radius 2 is 1.77 bits per heavy atom. The van der Waals surface area contributed by atoms with Gasteiger partial charge in [0, 0.05) is 19.6 Å². The van der Waals surface area contributed by atoms with Crippen LogP contribution in [0.3, 0.4) is 0 Å². The monoisotopic (exact) mass is 303 g/mol. The third kappa shape index (κ3) is 2.90. The van der Waals surface area contributed by atoms with Gasteiger partial charge >= 0.3 is 11.9 Å². The first-order valence-electron chi connectivity index (χ1n) is 7.16. The van der Waals surface area contributed by atoms with Gasteiger partial charge in [0.1, 0.15) is 0 Å². The molecule has 0 atom stereocenters. The van der Waals surface area contributed by atoms with Crippen LogP contribution in [-0.4, -0.2) is 44.1 Å². The van der Waals surface area contributed by atoms with Gasteiger partial charge in [0.25, 0.3) is 0 Å². The van der Waals surface area contributed by atoms with E-state index in [-0.39, 0.29) is 0 Å². The van der Waals surface area contributed by atoms with Crippen LogP contribution in [0.2, 0.25) is 0 Å². The molecule has 2 rings (SSSR count). The summed E-state index contributed by atoms with van der Waals surface area (Å²) in [4.78, 5) is 26.5. The fourth-order valence-electron chi connectivity index (χ4n) is 2.89. The van der Waals surface area contributed by atoms with Gasteiger partial charge in [-0.2, -0.15) is 0 Å². The minimum absolute atomic E-state index is 0.317. The van der Waals surface area contributed by atoms with Crippen molar-refractivity contribution in [1.29, 1.82) is 0 Å². The number of ether oxygens (including phenoxy) is 2. The van der Waals surface area contributed by atoms with Crippen LogP contribution in [0.15, 0.2) is 42.5 Å². The number of benzene rings is 1. The van der Waals surface area contributed by atoms with Gasteiger partial charge in [0.2, 0.25) is 0 Å². The highest BCUT2D eigenvalue weighted by Crippen LogP contribution is 2.38. The van der Waals surface area contributed by atoms with E-state index in [1.54, 1.807) is 0 Å². The van der Waals surface area contributed by atoms with E-state index >= 15 is 0 Å². The molecule has 1 heterocycles. The van der Waals surface area contributed by atoms with Crippen molar-refractivity contribution < 1.29 is 19.1 Å². The smallest absolute Gasteiger partial charge is 0.327 e.